The van der Waals surface area contributed by atoms with Crippen LogP contribution >= 0.6 is 12.4 Å². The molecule has 0 bridgehead atoms. The number of para-hydroxylation sites is 2. The van der Waals surface area contributed by atoms with Crippen LogP contribution in [0.15, 0.2) is 66.9 Å². The molecule has 4 N–H and O–H groups in total. The molecule has 0 fully saturated rings. The van der Waals surface area contributed by atoms with Gasteiger partial charge in [-0.05, 0) is 25.0 Å². The van der Waals surface area contributed by atoms with Gasteiger partial charge in [0.1, 0.15) is 13.1 Å². The Hall–Kier alpha value is -2.56. The molecule has 4 nitrogen and oxygen atoms in total. The quantitative estimate of drug-likeness (QED) is 0.239. The number of aryl methyl sites for hydroxylation is 3. The van der Waals surface area contributed by atoms with Crippen molar-refractivity contribution in [1.29, 1.82) is 0 Å². The summed E-state index contributed by atoms with van der Waals surface area (Å²) < 4.78 is 4.76. The second kappa shape index (κ2) is 14.1. The highest BCUT2D eigenvalue weighted by Crippen LogP contribution is 2.19. The van der Waals surface area contributed by atoms with Crippen molar-refractivity contribution in [2.45, 2.75) is 71.4 Å². The smallest absolute Gasteiger partial charge is 0.214 e. The molecule has 0 aliphatic carbocycles. The summed E-state index contributed by atoms with van der Waals surface area (Å²) in [5.74, 6) is 0. The number of hydrogen-bond acceptors (Lipinski definition) is 2. The van der Waals surface area contributed by atoms with E-state index in [1.807, 2.05) is 6.07 Å². The van der Waals surface area contributed by atoms with Gasteiger partial charge in [-0.1, -0.05) is 49.9 Å². The van der Waals surface area contributed by atoms with Crippen LogP contribution in [-0.4, -0.2) is 0 Å². The summed E-state index contributed by atoms with van der Waals surface area (Å²) in [5, 5.41) is 2.31. The fraction of sp³-hybridized carbons (Fsp3) is 0.379. The SMILES string of the molecule is Cc1cc(N)c2ccccc2[n+]1CCCCCCCCCC[n+]1ccc(N)c2ccccc21.Cl.[Cl-]. The minimum absolute atomic E-state index is 0. The van der Waals surface area contributed by atoms with Crippen molar-refractivity contribution in [1.82, 2.24) is 0 Å². The Kier molecular flexibility index (Phi) is 11.6. The molecule has 0 saturated carbocycles. The summed E-state index contributed by atoms with van der Waals surface area (Å²) in [6, 6.07) is 21.0. The summed E-state index contributed by atoms with van der Waals surface area (Å²) in [7, 11) is 0. The van der Waals surface area contributed by atoms with Crippen LogP contribution in [0, 0.1) is 6.92 Å². The molecule has 4 rings (SSSR count). The topological polar surface area (TPSA) is 59.8 Å². The Balaban J connectivity index is 0.00000216. The normalized spacial score (nSPS) is 10.8. The van der Waals surface area contributed by atoms with Gasteiger partial charge in [0.15, 0.2) is 11.9 Å². The lowest BCUT2D eigenvalue weighted by molar-refractivity contribution is -0.677. The zero-order chi connectivity index (χ0) is 23.0. The van der Waals surface area contributed by atoms with E-state index < -0.39 is 0 Å². The molecule has 0 aliphatic heterocycles. The summed E-state index contributed by atoms with van der Waals surface area (Å²) in [6.45, 7) is 4.29. The summed E-state index contributed by atoms with van der Waals surface area (Å²) in [5.41, 5.74) is 17.8. The Labute approximate surface area is 222 Å². The third-order valence-electron chi connectivity index (χ3n) is 6.79. The highest BCUT2D eigenvalue weighted by molar-refractivity contribution is 5.88. The first kappa shape index (κ1) is 28.7. The fourth-order valence-electron chi connectivity index (χ4n) is 4.94. The minimum atomic E-state index is 0. The summed E-state index contributed by atoms with van der Waals surface area (Å²) >= 11 is 0. The molecule has 2 aromatic carbocycles. The molecule has 0 spiro atoms. The van der Waals surface area contributed by atoms with E-state index in [0.717, 1.165) is 35.2 Å². The predicted octanol–water partition coefficient (Wildman–Crippen LogP) is 3.29. The van der Waals surface area contributed by atoms with Crippen LogP contribution in [0.2, 0.25) is 0 Å². The molecule has 4 aromatic rings. The van der Waals surface area contributed by atoms with Gasteiger partial charge in [-0.15, -0.1) is 12.4 Å². The Morgan fingerprint density at radius 3 is 1.80 bits per heavy atom. The molecular formula is C29H39Cl2N4+. The van der Waals surface area contributed by atoms with Crippen LogP contribution in [0.25, 0.3) is 21.8 Å². The number of halogens is 2. The van der Waals surface area contributed by atoms with E-state index in [4.69, 9.17) is 11.5 Å². The first-order valence-corrected chi connectivity index (χ1v) is 12.5. The molecule has 0 unspecified atom stereocenters. The van der Waals surface area contributed by atoms with Gasteiger partial charge < -0.3 is 23.9 Å². The zero-order valence-corrected chi connectivity index (χ0v) is 22.3. The minimum Gasteiger partial charge on any atom is -1.00 e. The van der Waals surface area contributed by atoms with Gasteiger partial charge in [0.05, 0.1) is 22.1 Å². The molecule has 0 atom stereocenters. The molecule has 2 aromatic heterocycles. The third-order valence-corrected chi connectivity index (χ3v) is 6.79. The number of fused-ring (bicyclic) bond motifs is 2. The molecule has 35 heavy (non-hydrogen) atoms. The van der Waals surface area contributed by atoms with E-state index >= 15 is 0 Å². The van der Waals surface area contributed by atoms with Gasteiger partial charge in [-0.3, -0.25) is 0 Å². The maximum absolute atomic E-state index is 6.21. The second-order valence-electron chi connectivity index (χ2n) is 9.22. The van der Waals surface area contributed by atoms with Gasteiger partial charge >= 0.3 is 0 Å². The van der Waals surface area contributed by atoms with Crippen molar-refractivity contribution in [3.63, 3.8) is 0 Å². The molecule has 0 radical (unpaired) electrons. The van der Waals surface area contributed by atoms with E-state index in [-0.39, 0.29) is 24.8 Å². The van der Waals surface area contributed by atoms with Crippen molar-refractivity contribution in [3.05, 3.63) is 72.6 Å². The molecule has 0 saturated heterocycles. The molecule has 2 heterocycles. The van der Waals surface area contributed by atoms with Crippen molar-refractivity contribution < 1.29 is 21.5 Å². The largest absolute Gasteiger partial charge is 1.00 e. The van der Waals surface area contributed by atoms with Crippen LogP contribution in [0.4, 0.5) is 11.4 Å². The number of nitrogens with two attached hydrogens (primary N) is 2. The van der Waals surface area contributed by atoms with E-state index in [2.05, 4.69) is 76.9 Å². The number of pyridine rings is 2. The zero-order valence-electron chi connectivity index (χ0n) is 20.8. The highest BCUT2D eigenvalue weighted by atomic mass is 35.5. The lowest BCUT2D eigenvalue weighted by Crippen LogP contribution is -3.00. The fourth-order valence-corrected chi connectivity index (χ4v) is 4.94. The van der Waals surface area contributed by atoms with Gasteiger partial charge in [-0.2, -0.15) is 9.13 Å². The van der Waals surface area contributed by atoms with E-state index in [9.17, 15) is 0 Å². The number of rotatable bonds is 11. The molecule has 6 heteroatoms. The number of benzene rings is 2. The monoisotopic (exact) mass is 513 g/mol. The van der Waals surface area contributed by atoms with Crippen LogP contribution in [-0.2, 0) is 13.1 Å². The van der Waals surface area contributed by atoms with Crippen LogP contribution < -0.4 is 33.0 Å². The number of unbranched alkanes of at least 4 members (excludes halogenated alkanes) is 7. The number of nitrogens with zero attached hydrogens (tertiary/aromatic N) is 2. The van der Waals surface area contributed by atoms with Gasteiger partial charge in [-0.25, -0.2) is 0 Å². The van der Waals surface area contributed by atoms with Gasteiger partial charge in [0.25, 0.3) is 0 Å². The van der Waals surface area contributed by atoms with Crippen molar-refractivity contribution >= 4 is 45.6 Å². The lowest BCUT2D eigenvalue weighted by Gasteiger charge is -2.07. The molecule has 188 valence electrons. The van der Waals surface area contributed by atoms with Crippen LogP contribution in [0.3, 0.4) is 0 Å². The van der Waals surface area contributed by atoms with E-state index in [1.54, 1.807) is 0 Å². The van der Waals surface area contributed by atoms with E-state index in [1.165, 1.54) is 68.1 Å². The molecule has 0 aliphatic rings. The van der Waals surface area contributed by atoms with E-state index in [0.29, 0.717) is 0 Å². The third kappa shape index (κ3) is 7.22. The molecular weight excluding hydrogens is 475 g/mol. The predicted molar refractivity (Wildman–Crippen MR) is 146 cm³/mol. The molecule has 0 amide bonds. The average molecular weight is 515 g/mol. The Bertz CT molecular complexity index is 1230. The first-order chi connectivity index (χ1) is 16.1. The summed E-state index contributed by atoms with van der Waals surface area (Å²) in [4.78, 5) is 0. The van der Waals surface area contributed by atoms with Crippen molar-refractivity contribution in [2.75, 3.05) is 11.5 Å². The van der Waals surface area contributed by atoms with Crippen molar-refractivity contribution in [2.24, 2.45) is 0 Å². The maximum Gasteiger partial charge on any atom is 0.214 e. The highest BCUT2D eigenvalue weighted by Gasteiger charge is 2.14. The maximum atomic E-state index is 6.21. The van der Waals surface area contributed by atoms with Crippen molar-refractivity contribution in [3.8, 4) is 0 Å². The van der Waals surface area contributed by atoms with Gasteiger partial charge in [0, 0.05) is 44.0 Å². The lowest BCUT2D eigenvalue weighted by atomic mass is 10.1. The number of nitrogen functional groups attached to an aromatic ring is 2. The van der Waals surface area contributed by atoms with Crippen LogP contribution in [0.5, 0.6) is 0 Å². The van der Waals surface area contributed by atoms with Crippen LogP contribution in [0.1, 0.15) is 57.1 Å². The van der Waals surface area contributed by atoms with Gasteiger partial charge in [0.2, 0.25) is 11.0 Å². The number of anilines is 2. The summed E-state index contributed by atoms with van der Waals surface area (Å²) in [6.07, 6.45) is 12.5. The number of aromatic nitrogens is 2. The Morgan fingerprint density at radius 2 is 1.14 bits per heavy atom. The first-order valence-electron chi connectivity index (χ1n) is 12.5. The second-order valence-corrected chi connectivity index (χ2v) is 9.22. The number of hydrogen-bond donors (Lipinski definition) is 2. The standard InChI is InChI=1S/C29H36N4.2ClH/c1-23-22-27(31)25-15-9-11-17-29(25)33(23)20-13-7-5-3-2-4-6-12-19-32-21-18-26(30)24-14-8-10-16-28(24)32;;/h8-11,14-18,21-22,30-31H,2-7,12-13,19-20H2,1H3;2*1H/p+1. The Morgan fingerprint density at radius 1 is 0.629 bits per heavy atom. The average Bonchev–Trinajstić information content (AvgIpc) is 2.83.